The quantitative estimate of drug-likeness (QED) is 0.325. The monoisotopic (exact) mass is 487 g/mol. The Labute approximate surface area is 208 Å². The van der Waals surface area contributed by atoms with Crippen LogP contribution in [0.1, 0.15) is 12.5 Å². The summed E-state index contributed by atoms with van der Waals surface area (Å²) in [6.07, 6.45) is 3.21. The molecule has 0 saturated carbocycles. The lowest BCUT2D eigenvalue weighted by Crippen LogP contribution is -2.08. The summed E-state index contributed by atoms with van der Waals surface area (Å²) in [4.78, 5) is 12.8. The second kappa shape index (κ2) is 9.58. The minimum absolute atomic E-state index is 0.172. The van der Waals surface area contributed by atoms with Crippen molar-refractivity contribution < 1.29 is 32.9 Å². The molecule has 0 saturated heterocycles. The summed E-state index contributed by atoms with van der Waals surface area (Å²) < 4.78 is 33.1. The fourth-order valence-corrected chi connectivity index (χ4v) is 4.19. The second-order valence-corrected chi connectivity index (χ2v) is 8.15. The normalized spacial score (nSPS) is 12.5. The van der Waals surface area contributed by atoms with Crippen molar-refractivity contribution >= 4 is 28.1 Å². The minimum atomic E-state index is -0.282. The number of nitrogens with one attached hydrogen (secondary N) is 1. The number of hydrogen-bond donors (Lipinski definition) is 1. The number of methoxy groups -OCH3 is 3. The molecule has 0 aliphatic carbocycles. The van der Waals surface area contributed by atoms with Crippen LogP contribution in [0.15, 0.2) is 65.3 Å². The summed E-state index contributed by atoms with van der Waals surface area (Å²) in [6, 6.07) is 14.6. The molecule has 1 aliphatic heterocycles. The number of carbonyl (C=O) groups is 1. The smallest absolute Gasteiger partial charge is 0.248 e. The largest absolute Gasteiger partial charge is 0.497 e. The number of rotatable bonds is 7. The first-order valence-electron chi connectivity index (χ1n) is 11.2. The van der Waals surface area contributed by atoms with E-state index in [0.29, 0.717) is 40.0 Å². The third kappa shape index (κ3) is 4.29. The lowest BCUT2D eigenvalue weighted by atomic mass is 9.98. The number of benzene rings is 3. The molecule has 8 heteroatoms. The molecule has 0 atom stereocenters. The van der Waals surface area contributed by atoms with Crippen LogP contribution in [0.5, 0.6) is 28.7 Å². The number of carbonyl (C=O) groups excluding carboxylic acids is 1. The van der Waals surface area contributed by atoms with E-state index in [1.54, 1.807) is 45.8 Å². The van der Waals surface area contributed by atoms with Crippen molar-refractivity contribution in [2.75, 3.05) is 33.4 Å². The Hall–Kier alpha value is -4.59. The molecular weight excluding hydrogens is 462 g/mol. The van der Waals surface area contributed by atoms with E-state index in [0.717, 1.165) is 27.6 Å². The van der Waals surface area contributed by atoms with Gasteiger partial charge in [-0.1, -0.05) is 0 Å². The van der Waals surface area contributed by atoms with Crippen LogP contribution in [0.3, 0.4) is 0 Å². The molecule has 1 aromatic heterocycles. The summed E-state index contributed by atoms with van der Waals surface area (Å²) in [5, 5.41) is 3.71. The van der Waals surface area contributed by atoms with Crippen molar-refractivity contribution in [2.24, 2.45) is 0 Å². The SMILES string of the molecule is COc1ccc(OC)c(-c2coc3cc(OC)c(/C(C)=C/C(=O)Nc4ccc5c(c4)OCO5)cc23)c1. The first kappa shape index (κ1) is 23.2. The minimum Gasteiger partial charge on any atom is -0.497 e. The van der Waals surface area contributed by atoms with Gasteiger partial charge in [0.25, 0.3) is 0 Å². The molecule has 4 aromatic rings. The average Bonchev–Trinajstić information content (AvgIpc) is 3.53. The van der Waals surface area contributed by atoms with Gasteiger partial charge in [0.1, 0.15) is 22.8 Å². The zero-order valence-corrected chi connectivity index (χ0v) is 20.3. The number of amides is 1. The summed E-state index contributed by atoms with van der Waals surface area (Å²) in [5.74, 6) is 2.94. The Balaban J connectivity index is 1.50. The highest BCUT2D eigenvalue weighted by atomic mass is 16.7. The topological polar surface area (TPSA) is 88.4 Å². The van der Waals surface area contributed by atoms with Gasteiger partial charge in [-0.3, -0.25) is 4.79 Å². The van der Waals surface area contributed by atoms with Crippen LogP contribution in [0.4, 0.5) is 5.69 Å². The Morgan fingerprint density at radius 2 is 1.69 bits per heavy atom. The molecule has 1 amide bonds. The van der Waals surface area contributed by atoms with Crippen LogP contribution in [0.2, 0.25) is 0 Å². The summed E-state index contributed by atoms with van der Waals surface area (Å²) in [5.41, 5.74) is 4.40. The summed E-state index contributed by atoms with van der Waals surface area (Å²) in [7, 11) is 4.82. The lowest BCUT2D eigenvalue weighted by Gasteiger charge is -2.12. The number of allylic oxidation sites excluding steroid dienone is 1. The first-order chi connectivity index (χ1) is 17.5. The molecule has 1 N–H and O–H groups in total. The predicted molar refractivity (Wildman–Crippen MR) is 136 cm³/mol. The summed E-state index contributed by atoms with van der Waals surface area (Å²) in [6.45, 7) is 2.03. The van der Waals surface area contributed by atoms with Crippen LogP contribution in [-0.4, -0.2) is 34.0 Å². The zero-order valence-electron chi connectivity index (χ0n) is 20.3. The van der Waals surface area contributed by atoms with E-state index in [1.807, 2.05) is 37.3 Å². The van der Waals surface area contributed by atoms with E-state index in [1.165, 1.54) is 6.08 Å². The van der Waals surface area contributed by atoms with Gasteiger partial charge in [-0.15, -0.1) is 0 Å². The molecule has 1 aliphatic rings. The molecule has 0 radical (unpaired) electrons. The van der Waals surface area contributed by atoms with Crippen LogP contribution in [0, 0.1) is 0 Å². The van der Waals surface area contributed by atoms with Gasteiger partial charge in [-0.25, -0.2) is 0 Å². The van der Waals surface area contributed by atoms with Crippen molar-refractivity contribution in [1.29, 1.82) is 0 Å². The molecule has 0 fully saturated rings. The number of anilines is 1. The van der Waals surface area contributed by atoms with Gasteiger partial charge >= 0.3 is 0 Å². The molecule has 3 aromatic carbocycles. The predicted octanol–water partition coefficient (Wildman–Crippen LogP) is 5.90. The van der Waals surface area contributed by atoms with E-state index in [2.05, 4.69) is 5.32 Å². The molecular formula is C28H25NO7. The van der Waals surface area contributed by atoms with Crippen molar-refractivity contribution in [3.05, 3.63) is 66.4 Å². The molecule has 2 heterocycles. The first-order valence-corrected chi connectivity index (χ1v) is 11.2. The van der Waals surface area contributed by atoms with Crippen molar-refractivity contribution in [1.82, 2.24) is 0 Å². The number of hydrogen-bond acceptors (Lipinski definition) is 7. The number of fused-ring (bicyclic) bond motifs is 2. The van der Waals surface area contributed by atoms with Crippen LogP contribution >= 0.6 is 0 Å². The second-order valence-electron chi connectivity index (χ2n) is 8.15. The van der Waals surface area contributed by atoms with Crippen molar-refractivity contribution in [2.45, 2.75) is 6.92 Å². The molecule has 0 bridgehead atoms. The standard InChI is InChI=1S/C28H25NO7/c1-16(9-28(30)29-17-5-7-24-27(10-17)36-15-35-24)19-12-21-22(14-34-26(21)13-25(19)33-4)20-11-18(31-2)6-8-23(20)32-3/h5-14H,15H2,1-4H3,(H,29,30)/b16-9+. The maximum absolute atomic E-state index is 12.8. The van der Waals surface area contributed by atoms with E-state index >= 15 is 0 Å². The number of ether oxygens (including phenoxy) is 5. The van der Waals surface area contributed by atoms with Gasteiger partial charge in [-0.2, -0.15) is 0 Å². The lowest BCUT2D eigenvalue weighted by molar-refractivity contribution is -0.111. The van der Waals surface area contributed by atoms with Gasteiger partial charge in [0.05, 0.1) is 27.6 Å². The molecule has 184 valence electrons. The Bertz CT molecular complexity index is 1490. The molecule has 0 spiro atoms. The van der Waals surface area contributed by atoms with Crippen LogP contribution < -0.4 is 29.0 Å². The molecule has 8 nitrogen and oxygen atoms in total. The highest BCUT2D eigenvalue weighted by Crippen LogP contribution is 2.41. The third-order valence-electron chi connectivity index (χ3n) is 6.00. The fourth-order valence-electron chi connectivity index (χ4n) is 4.19. The van der Waals surface area contributed by atoms with Gasteiger partial charge in [-0.05, 0) is 48.9 Å². The highest BCUT2D eigenvalue weighted by Gasteiger charge is 2.18. The van der Waals surface area contributed by atoms with E-state index < -0.39 is 0 Å². The Kier molecular flexibility index (Phi) is 6.16. The fraction of sp³-hybridized carbons (Fsp3) is 0.179. The average molecular weight is 488 g/mol. The van der Waals surface area contributed by atoms with Crippen molar-refractivity contribution in [3.8, 4) is 39.9 Å². The van der Waals surface area contributed by atoms with E-state index in [9.17, 15) is 4.79 Å². The third-order valence-corrected chi connectivity index (χ3v) is 6.00. The maximum Gasteiger partial charge on any atom is 0.248 e. The van der Waals surface area contributed by atoms with Gasteiger partial charge < -0.3 is 33.4 Å². The highest BCUT2D eigenvalue weighted by molar-refractivity contribution is 6.05. The zero-order chi connectivity index (χ0) is 25.2. The molecule has 36 heavy (non-hydrogen) atoms. The Morgan fingerprint density at radius 3 is 2.47 bits per heavy atom. The van der Waals surface area contributed by atoms with E-state index in [4.69, 9.17) is 28.1 Å². The number of furan rings is 1. The Morgan fingerprint density at radius 1 is 0.889 bits per heavy atom. The van der Waals surface area contributed by atoms with E-state index in [-0.39, 0.29) is 12.7 Å². The van der Waals surface area contributed by atoms with Gasteiger partial charge in [0.15, 0.2) is 11.5 Å². The molecule has 0 unspecified atom stereocenters. The maximum atomic E-state index is 12.8. The van der Waals surface area contributed by atoms with Gasteiger partial charge in [0.2, 0.25) is 12.7 Å². The van der Waals surface area contributed by atoms with Crippen LogP contribution in [0.25, 0.3) is 27.7 Å². The van der Waals surface area contributed by atoms with Crippen LogP contribution in [-0.2, 0) is 4.79 Å². The van der Waals surface area contributed by atoms with Gasteiger partial charge in [0, 0.05) is 46.0 Å². The van der Waals surface area contributed by atoms with Crippen molar-refractivity contribution in [3.63, 3.8) is 0 Å². The summed E-state index contributed by atoms with van der Waals surface area (Å²) >= 11 is 0. The molecule has 5 rings (SSSR count).